The van der Waals surface area contributed by atoms with E-state index in [1.54, 1.807) is 6.07 Å². The van der Waals surface area contributed by atoms with Crippen LogP contribution in [0.25, 0.3) is 0 Å². The molecule has 0 aliphatic carbocycles. The summed E-state index contributed by atoms with van der Waals surface area (Å²) < 4.78 is 0. The van der Waals surface area contributed by atoms with Gasteiger partial charge in [0.1, 0.15) is 0 Å². The van der Waals surface area contributed by atoms with E-state index in [0.717, 1.165) is 19.5 Å². The van der Waals surface area contributed by atoms with E-state index in [4.69, 9.17) is 5.84 Å². The van der Waals surface area contributed by atoms with Crippen molar-refractivity contribution in [1.29, 1.82) is 0 Å². The van der Waals surface area contributed by atoms with Gasteiger partial charge in [-0.25, -0.2) is 0 Å². The first-order chi connectivity index (χ1) is 8.52. The summed E-state index contributed by atoms with van der Waals surface area (Å²) in [5.74, 6) is 5.28. The lowest BCUT2D eigenvalue weighted by Gasteiger charge is -2.11. The summed E-state index contributed by atoms with van der Waals surface area (Å²) in [7, 11) is 4.01. The standard InChI is InChI=1S/C11H19N5O2/c1-15(2)5-3-4-13-9-6-10(14-12)8-11(7-9)16(17)18/h6-8,13-14H,3-5,12H2,1-2H3. The maximum Gasteiger partial charge on any atom is 0.273 e. The molecule has 1 aromatic carbocycles. The number of nitrogens with two attached hydrogens (primary N) is 1. The molecule has 0 heterocycles. The fourth-order valence-corrected chi connectivity index (χ4v) is 1.53. The molecule has 0 saturated carbocycles. The van der Waals surface area contributed by atoms with Crippen LogP contribution in [0.4, 0.5) is 17.1 Å². The zero-order chi connectivity index (χ0) is 13.5. The van der Waals surface area contributed by atoms with Crippen molar-refractivity contribution in [2.45, 2.75) is 6.42 Å². The molecule has 4 N–H and O–H groups in total. The quantitative estimate of drug-likeness (QED) is 0.293. The average molecular weight is 253 g/mol. The van der Waals surface area contributed by atoms with Crippen LogP contribution in [0.5, 0.6) is 0 Å². The van der Waals surface area contributed by atoms with Crippen LogP contribution in [0.2, 0.25) is 0 Å². The predicted octanol–water partition coefficient (Wildman–Crippen LogP) is 1.24. The summed E-state index contributed by atoms with van der Waals surface area (Å²) >= 11 is 0. The Kier molecular flexibility index (Phi) is 5.34. The molecule has 7 heteroatoms. The number of nitro benzene ring substituents is 1. The number of nitro groups is 1. The largest absolute Gasteiger partial charge is 0.385 e. The first-order valence-corrected chi connectivity index (χ1v) is 5.67. The van der Waals surface area contributed by atoms with Crippen LogP contribution < -0.4 is 16.6 Å². The van der Waals surface area contributed by atoms with Crippen molar-refractivity contribution in [2.75, 3.05) is 37.9 Å². The molecular weight excluding hydrogens is 234 g/mol. The molecule has 0 fully saturated rings. The third kappa shape index (κ3) is 4.56. The number of anilines is 2. The van der Waals surface area contributed by atoms with Crippen LogP contribution in [-0.4, -0.2) is 37.0 Å². The number of nitrogens with one attached hydrogen (secondary N) is 2. The molecule has 0 unspecified atom stereocenters. The third-order valence-corrected chi connectivity index (χ3v) is 2.41. The Bertz CT molecular complexity index is 408. The van der Waals surface area contributed by atoms with Crippen molar-refractivity contribution < 1.29 is 4.92 Å². The van der Waals surface area contributed by atoms with Gasteiger partial charge in [-0.3, -0.25) is 16.0 Å². The highest BCUT2D eigenvalue weighted by Gasteiger charge is 2.08. The van der Waals surface area contributed by atoms with E-state index in [0.29, 0.717) is 11.4 Å². The number of hydrogen-bond donors (Lipinski definition) is 3. The average Bonchev–Trinajstić information content (AvgIpc) is 2.34. The molecule has 1 aromatic rings. The Labute approximate surface area is 106 Å². The Morgan fingerprint density at radius 2 is 2.00 bits per heavy atom. The van der Waals surface area contributed by atoms with E-state index in [-0.39, 0.29) is 5.69 Å². The van der Waals surface area contributed by atoms with Gasteiger partial charge in [0.2, 0.25) is 0 Å². The zero-order valence-electron chi connectivity index (χ0n) is 10.6. The highest BCUT2D eigenvalue weighted by Crippen LogP contribution is 2.23. The molecule has 0 spiro atoms. The summed E-state index contributed by atoms with van der Waals surface area (Å²) in [6.45, 7) is 1.72. The normalized spacial score (nSPS) is 10.4. The van der Waals surface area contributed by atoms with Gasteiger partial charge < -0.3 is 15.6 Å². The number of nitrogens with zero attached hydrogens (tertiary/aromatic N) is 2. The van der Waals surface area contributed by atoms with Crippen molar-refractivity contribution in [3.63, 3.8) is 0 Å². The van der Waals surface area contributed by atoms with Gasteiger partial charge in [0, 0.05) is 24.4 Å². The first-order valence-electron chi connectivity index (χ1n) is 5.67. The molecule has 0 amide bonds. The molecule has 0 radical (unpaired) electrons. The molecule has 0 atom stereocenters. The zero-order valence-corrected chi connectivity index (χ0v) is 10.6. The topological polar surface area (TPSA) is 96.5 Å². The Hall–Kier alpha value is -1.86. The molecule has 0 saturated heterocycles. The van der Waals surface area contributed by atoms with Gasteiger partial charge in [-0.1, -0.05) is 0 Å². The van der Waals surface area contributed by atoms with Crippen molar-refractivity contribution in [3.8, 4) is 0 Å². The maximum atomic E-state index is 10.7. The van der Waals surface area contributed by atoms with Gasteiger partial charge in [0.25, 0.3) is 5.69 Å². The molecule has 7 nitrogen and oxygen atoms in total. The molecular formula is C11H19N5O2. The second-order valence-corrected chi connectivity index (χ2v) is 4.25. The minimum absolute atomic E-state index is 0.0144. The lowest BCUT2D eigenvalue weighted by Crippen LogP contribution is -2.16. The summed E-state index contributed by atoms with van der Waals surface area (Å²) in [5.41, 5.74) is 3.64. The van der Waals surface area contributed by atoms with Crippen LogP contribution in [-0.2, 0) is 0 Å². The van der Waals surface area contributed by atoms with Crippen LogP contribution in [0, 0.1) is 10.1 Å². The smallest absolute Gasteiger partial charge is 0.273 e. The monoisotopic (exact) mass is 253 g/mol. The fourth-order valence-electron chi connectivity index (χ4n) is 1.53. The number of benzene rings is 1. The number of hydrazine groups is 1. The lowest BCUT2D eigenvalue weighted by molar-refractivity contribution is -0.384. The molecule has 1 rings (SSSR count). The Morgan fingerprint density at radius 1 is 1.33 bits per heavy atom. The highest BCUT2D eigenvalue weighted by molar-refractivity contribution is 5.63. The minimum atomic E-state index is -0.439. The first kappa shape index (κ1) is 14.2. The van der Waals surface area contributed by atoms with Crippen molar-refractivity contribution in [2.24, 2.45) is 5.84 Å². The lowest BCUT2D eigenvalue weighted by atomic mass is 10.2. The highest BCUT2D eigenvalue weighted by atomic mass is 16.6. The van der Waals surface area contributed by atoms with Crippen molar-refractivity contribution in [1.82, 2.24) is 4.90 Å². The van der Waals surface area contributed by atoms with Gasteiger partial charge in [-0.15, -0.1) is 0 Å². The van der Waals surface area contributed by atoms with Crippen molar-refractivity contribution in [3.05, 3.63) is 28.3 Å². The third-order valence-electron chi connectivity index (χ3n) is 2.41. The van der Waals surface area contributed by atoms with Crippen molar-refractivity contribution >= 4 is 17.1 Å². The Balaban J connectivity index is 2.64. The summed E-state index contributed by atoms with van der Waals surface area (Å²) in [6.07, 6.45) is 0.959. The van der Waals surface area contributed by atoms with Gasteiger partial charge in [0.15, 0.2) is 0 Å². The van der Waals surface area contributed by atoms with E-state index in [2.05, 4.69) is 15.6 Å². The maximum absolute atomic E-state index is 10.7. The molecule has 0 bridgehead atoms. The SMILES string of the molecule is CN(C)CCCNc1cc(NN)cc([N+](=O)[O-])c1. The van der Waals surface area contributed by atoms with Gasteiger partial charge in [-0.05, 0) is 33.1 Å². The minimum Gasteiger partial charge on any atom is -0.385 e. The van der Waals surface area contributed by atoms with Gasteiger partial charge in [-0.2, -0.15) is 0 Å². The van der Waals surface area contributed by atoms with Crippen LogP contribution in [0.1, 0.15) is 6.42 Å². The Morgan fingerprint density at radius 3 is 2.56 bits per heavy atom. The molecule has 18 heavy (non-hydrogen) atoms. The summed E-state index contributed by atoms with van der Waals surface area (Å²) in [5, 5.41) is 13.9. The van der Waals surface area contributed by atoms with E-state index in [1.165, 1.54) is 12.1 Å². The molecule has 0 aliphatic heterocycles. The predicted molar refractivity (Wildman–Crippen MR) is 72.6 cm³/mol. The van der Waals surface area contributed by atoms with Crippen LogP contribution in [0.3, 0.4) is 0 Å². The number of rotatable bonds is 7. The number of nitrogen functional groups attached to an aromatic ring is 1. The summed E-state index contributed by atoms with van der Waals surface area (Å²) in [6, 6.07) is 4.63. The van der Waals surface area contributed by atoms with E-state index >= 15 is 0 Å². The molecule has 100 valence electrons. The fraction of sp³-hybridized carbons (Fsp3) is 0.455. The van der Waals surface area contributed by atoms with E-state index in [1.807, 2.05) is 14.1 Å². The molecule has 0 aromatic heterocycles. The second-order valence-electron chi connectivity index (χ2n) is 4.25. The summed E-state index contributed by atoms with van der Waals surface area (Å²) in [4.78, 5) is 12.4. The second kappa shape index (κ2) is 6.77. The molecule has 0 aliphatic rings. The number of hydrogen-bond acceptors (Lipinski definition) is 6. The van der Waals surface area contributed by atoms with Crippen LogP contribution >= 0.6 is 0 Å². The van der Waals surface area contributed by atoms with Crippen LogP contribution in [0.15, 0.2) is 18.2 Å². The van der Waals surface area contributed by atoms with E-state index in [9.17, 15) is 10.1 Å². The number of non-ortho nitro benzene ring substituents is 1. The van der Waals surface area contributed by atoms with Gasteiger partial charge >= 0.3 is 0 Å². The van der Waals surface area contributed by atoms with Gasteiger partial charge in [0.05, 0.1) is 10.6 Å². The van der Waals surface area contributed by atoms with E-state index < -0.39 is 4.92 Å².